The Morgan fingerprint density at radius 2 is 1.20 bits per heavy atom. The van der Waals surface area contributed by atoms with Gasteiger partial charge in [0, 0.05) is 12.0 Å². The van der Waals surface area contributed by atoms with Gasteiger partial charge in [-0.25, -0.2) is 0 Å². The molecule has 0 aliphatic heterocycles. The van der Waals surface area contributed by atoms with Crippen molar-refractivity contribution in [2.24, 2.45) is 5.92 Å². The van der Waals surface area contributed by atoms with Crippen molar-refractivity contribution >= 4 is 0 Å². The van der Waals surface area contributed by atoms with E-state index >= 15 is 0 Å². The molecule has 0 amide bonds. The number of rotatable bonds is 6. The molecule has 106 valence electrons. The van der Waals surface area contributed by atoms with Crippen LogP contribution in [0.5, 0.6) is 0 Å². The maximum absolute atomic E-state index is 3.57. The smallest absolute Gasteiger partial charge is 0.0127 e. The lowest BCUT2D eigenvalue weighted by molar-refractivity contribution is 0.441. The summed E-state index contributed by atoms with van der Waals surface area (Å²) in [5.74, 6) is 1.01. The van der Waals surface area contributed by atoms with Crippen LogP contribution in [0.25, 0.3) is 0 Å². The molecule has 0 aliphatic rings. The zero-order valence-electron chi connectivity index (χ0n) is 12.7. The SMILES string of the molecule is CC(C)NCC(C)C(c1ccccc1)c1ccccc1. The largest absolute Gasteiger partial charge is 0.314 e. The van der Waals surface area contributed by atoms with Crippen LogP contribution in [-0.4, -0.2) is 12.6 Å². The molecule has 0 heterocycles. The van der Waals surface area contributed by atoms with E-state index in [1.54, 1.807) is 0 Å². The zero-order chi connectivity index (χ0) is 14.4. The molecule has 0 radical (unpaired) electrons. The average Bonchev–Trinajstić information content (AvgIpc) is 2.48. The van der Waals surface area contributed by atoms with Crippen LogP contribution in [0.1, 0.15) is 37.8 Å². The minimum atomic E-state index is 0.448. The molecule has 2 rings (SSSR count). The van der Waals surface area contributed by atoms with Gasteiger partial charge in [0.25, 0.3) is 0 Å². The quantitative estimate of drug-likeness (QED) is 0.815. The zero-order valence-corrected chi connectivity index (χ0v) is 12.7. The van der Waals surface area contributed by atoms with Crippen molar-refractivity contribution in [2.75, 3.05) is 6.54 Å². The lowest BCUT2D eigenvalue weighted by atomic mass is 9.81. The van der Waals surface area contributed by atoms with E-state index in [0.29, 0.717) is 17.9 Å². The van der Waals surface area contributed by atoms with Crippen LogP contribution >= 0.6 is 0 Å². The summed E-state index contributed by atoms with van der Waals surface area (Å²) in [6.45, 7) is 7.77. The summed E-state index contributed by atoms with van der Waals surface area (Å²) >= 11 is 0. The highest BCUT2D eigenvalue weighted by Gasteiger charge is 2.21. The van der Waals surface area contributed by atoms with Crippen molar-refractivity contribution in [3.05, 3.63) is 71.8 Å². The van der Waals surface area contributed by atoms with E-state index < -0.39 is 0 Å². The number of hydrogen-bond donors (Lipinski definition) is 1. The van der Waals surface area contributed by atoms with Gasteiger partial charge in [-0.1, -0.05) is 81.4 Å². The normalized spacial score (nSPS) is 12.8. The second-order valence-corrected chi connectivity index (χ2v) is 5.84. The molecule has 0 fully saturated rings. The van der Waals surface area contributed by atoms with Crippen molar-refractivity contribution in [3.63, 3.8) is 0 Å². The van der Waals surface area contributed by atoms with Gasteiger partial charge in [-0.05, 0) is 23.6 Å². The second-order valence-electron chi connectivity index (χ2n) is 5.84. The third-order valence-corrected chi connectivity index (χ3v) is 3.73. The molecule has 0 aliphatic carbocycles. The first-order chi connectivity index (χ1) is 9.68. The fourth-order valence-corrected chi connectivity index (χ4v) is 2.71. The van der Waals surface area contributed by atoms with Crippen LogP contribution in [0.2, 0.25) is 0 Å². The summed E-state index contributed by atoms with van der Waals surface area (Å²) in [5.41, 5.74) is 2.80. The van der Waals surface area contributed by atoms with Gasteiger partial charge in [-0.15, -0.1) is 0 Å². The van der Waals surface area contributed by atoms with Crippen LogP contribution in [0.15, 0.2) is 60.7 Å². The average molecular weight is 267 g/mol. The third kappa shape index (κ3) is 3.94. The molecule has 2 aromatic carbocycles. The van der Waals surface area contributed by atoms with Crippen molar-refractivity contribution in [3.8, 4) is 0 Å². The summed E-state index contributed by atoms with van der Waals surface area (Å²) in [7, 11) is 0. The Hall–Kier alpha value is -1.60. The third-order valence-electron chi connectivity index (χ3n) is 3.73. The molecule has 1 N–H and O–H groups in total. The molecule has 0 saturated carbocycles. The van der Waals surface area contributed by atoms with Crippen LogP contribution < -0.4 is 5.32 Å². The van der Waals surface area contributed by atoms with Crippen molar-refractivity contribution in [1.29, 1.82) is 0 Å². The Morgan fingerprint density at radius 3 is 1.60 bits per heavy atom. The van der Waals surface area contributed by atoms with E-state index in [2.05, 4.69) is 86.8 Å². The first-order valence-corrected chi connectivity index (χ1v) is 7.51. The predicted octanol–water partition coefficient (Wildman–Crippen LogP) is 4.45. The molecule has 0 bridgehead atoms. The summed E-state index contributed by atoms with van der Waals surface area (Å²) < 4.78 is 0. The topological polar surface area (TPSA) is 12.0 Å². The maximum Gasteiger partial charge on any atom is 0.0127 e. The Balaban J connectivity index is 2.25. The Kier molecular flexibility index (Phi) is 5.37. The molecular weight excluding hydrogens is 242 g/mol. The summed E-state index contributed by atoms with van der Waals surface area (Å²) in [4.78, 5) is 0. The Bertz CT molecular complexity index is 450. The molecule has 1 nitrogen and oxygen atoms in total. The summed E-state index contributed by atoms with van der Waals surface area (Å²) in [6, 6.07) is 22.2. The van der Waals surface area contributed by atoms with E-state index in [4.69, 9.17) is 0 Å². The standard InChI is InChI=1S/C19H25N/c1-15(2)20-14-16(3)19(17-10-6-4-7-11-17)18-12-8-5-9-13-18/h4-13,15-16,19-20H,14H2,1-3H3. The van der Waals surface area contributed by atoms with E-state index in [1.807, 2.05) is 0 Å². The Labute approximate surface area is 123 Å². The molecule has 1 unspecified atom stereocenters. The summed E-state index contributed by atoms with van der Waals surface area (Å²) in [5, 5.41) is 3.57. The monoisotopic (exact) mass is 267 g/mol. The van der Waals surface area contributed by atoms with E-state index in [-0.39, 0.29) is 0 Å². The molecular formula is C19H25N. The first kappa shape index (κ1) is 14.8. The molecule has 20 heavy (non-hydrogen) atoms. The van der Waals surface area contributed by atoms with Gasteiger partial charge in [0.2, 0.25) is 0 Å². The molecule has 0 spiro atoms. The molecule has 0 aromatic heterocycles. The first-order valence-electron chi connectivity index (χ1n) is 7.51. The molecule has 2 aromatic rings. The highest BCUT2D eigenvalue weighted by Crippen LogP contribution is 2.31. The fraction of sp³-hybridized carbons (Fsp3) is 0.368. The molecule has 1 heteroatoms. The van der Waals surface area contributed by atoms with Crippen LogP contribution in [0.3, 0.4) is 0 Å². The van der Waals surface area contributed by atoms with Gasteiger partial charge >= 0.3 is 0 Å². The molecule has 1 atom stereocenters. The minimum Gasteiger partial charge on any atom is -0.314 e. The van der Waals surface area contributed by atoms with Gasteiger partial charge in [0.15, 0.2) is 0 Å². The number of benzene rings is 2. The van der Waals surface area contributed by atoms with E-state index in [0.717, 1.165) is 6.54 Å². The van der Waals surface area contributed by atoms with Crippen molar-refractivity contribution in [1.82, 2.24) is 5.32 Å². The maximum atomic E-state index is 3.57. The highest BCUT2D eigenvalue weighted by molar-refractivity contribution is 5.33. The minimum absolute atomic E-state index is 0.448. The highest BCUT2D eigenvalue weighted by atomic mass is 14.9. The van der Waals surface area contributed by atoms with Gasteiger partial charge in [0.05, 0.1) is 0 Å². The van der Waals surface area contributed by atoms with E-state index in [9.17, 15) is 0 Å². The van der Waals surface area contributed by atoms with Crippen LogP contribution in [0.4, 0.5) is 0 Å². The van der Waals surface area contributed by atoms with Crippen LogP contribution in [-0.2, 0) is 0 Å². The second kappa shape index (κ2) is 7.25. The lowest BCUT2D eigenvalue weighted by Gasteiger charge is -2.26. The van der Waals surface area contributed by atoms with Crippen LogP contribution in [0, 0.1) is 5.92 Å². The van der Waals surface area contributed by atoms with Gasteiger partial charge in [-0.2, -0.15) is 0 Å². The molecule has 0 saturated heterocycles. The van der Waals surface area contributed by atoms with Crippen molar-refractivity contribution in [2.45, 2.75) is 32.7 Å². The van der Waals surface area contributed by atoms with Gasteiger partial charge < -0.3 is 5.32 Å². The fourth-order valence-electron chi connectivity index (χ4n) is 2.71. The van der Waals surface area contributed by atoms with Crippen molar-refractivity contribution < 1.29 is 0 Å². The summed E-state index contributed by atoms with van der Waals surface area (Å²) in [6.07, 6.45) is 0. The number of nitrogens with one attached hydrogen (secondary N) is 1. The number of hydrogen-bond acceptors (Lipinski definition) is 1. The van der Waals surface area contributed by atoms with Gasteiger partial charge in [0.1, 0.15) is 0 Å². The van der Waals surface area contributed by atoms with E-state index in [1.165, 1.54) is 11.1 Å². The van der Waals surface area contributed by atoms with Gasteiger partial charge in [-0.3, -0.25) is 0 Å². The lowest BCUT2D eigenvalue weighted by Crippen LogP contribution is -2.30. The Morgan fingerprint density at radius 1 is 0.750 bits per heavy atom. The predicted molar refractivity (Wildman–Crippen MR) is 87.0 cm³/mol.